The zero-order valence-electron chi connectivity index (χ0n) is 10.9. The highest BCUT2D eigenvalue weighted by molar-refractivity contribution is 5.78. The number of likely N-dealkylation sites (tertiary alicyclic amines) is 1. The summed E-state index contributed by atoms with van der Waals surface area (Å²) in [5.41, 5.74) is 3.23. The van der Waals surface area contributed by atoms with Crippen molar-refractivity contribution in [3.63, 3.8) is 0 Å². The number of hydrogen-bond donors (Lipinski definition) is 1. The molecule has 1 atom stereocenters. The maximum absolute atomic E-state index is 12.2. The second-order valence-electron chi connectivity index (χ2n) is 5.11. The molecule has 1 N–H and O–H groups in total. The monoisotopic (exact) mass is 245 g/mol. The van der Waals surface area contributed by atoms with Gasteiger partial charge in [0.2, 0.25) is 0 Å². The van der Waals surface area contributed by atoms with Crippen molar-refractivity contribution in [3.05, 3.63) is 34.2 Å². The minimum absolute atomic E-state index is 0.0299. The topological polar surface area (TPSA) is 41.0 Å². The number of likely N-dealkylation sites (N-methyl/N-ethyl adjacent to an activating group) is 1. The van der Waals surface area contributed by atoms with Gasteiger partial charge in [0.05, 0.1) is 17.1 Å². The summed E-state index contributed by atoms with van der Waals surface area (Å²) in [7, 11) is 0. The van der Waals surface area contributed by atoms with E-state index in [0.29, 0.717) is 6.04 Å². The number of aryl methyl sites for hydroxylation is 1. The number of nitrogens with zero attached hydrogens (tertiary/aromatic N) is 2. The van der Waals surface area contributed by atoms with Crippen molar-refractivity contribution < 1.29 is 0 Å². The van der Waals surface area contributed by atoms with E-state index in [9.17, 15) is 4.79 Å². The highest BCUT2D eigenvalue weighted by Gasteiger charge is 2.25. The maximum atomic E-state index is 12.2. The lowest BCUT2D eigenvalue weighted by molar-refractivity contribution is 0.341. The largest absolute Gasteiger partial charge is 0.326 e. The number of benzene rings is 1. The van der Waals surface area contributed by atoms with Crippen LogP contribution in [0.5, 0.6) is 0 Å². The average molecular weight is 245 g/mol. The van der Waals surface area contributed by atoms with Gasteiger partial charge in [-0.15, -0.1) is 0 Å². The van der Waals surface area contributed by atoms with Gasteiger partial charge in [0, 0.05) is 13.1 Å². The Hall–Kier alpha value is -1.55. The lowest BCUT2D eigenvalue weighted by Gasteiger charge is -2.15. The van der Waals surface area contributed by atoms with Crippen molar-refractivity contribution >= 4 is 11.0 Å². The van der Waals surface area contributed by atoms with Crippen molar-refractivity contribution in [2.24, 2.45) is 0 Å². The molecule has 0 aliphatic carbocycles. The van der Waals surface area contributed by atoms with E-state index in [1.165, 1.54) is 5.56 Å². The first kappa shape index (κ1) is 11.5. The standard InChI is InChI=1S/C14H19N3O/c1-3-16-8-7-11(9-16)17-13-10(2)5-4-6-12(13)15-14(17)18/h4-6,11H,3,7-9H2,1-2H3,(H,15,18). The van der Waals surface area contributed by atoms with E-state index in [1.807, 2.05) is 16.7 Å². The van der Waals surface area contributed by atoms with Crippen molar-refractivity contribution in [2.75, 3.05) is 19.6 Å². The number of rotatable bonds is 2. The lowest BCUT2D eigenvalue weighted by atomic mass is 10.2. The van der Waals surface area contributed by atoms with Crippen LogP contribution >= 0.6 is 0 Å². The molecule has 0 radical (unpaired) electrons. The van der Waals surface area contributed by atoms with Crippen LogP contribution in [0, 0.1) is 6.92 Å². The van der Waals surface area contributed by atoms with Gasteiger partial charge in [0.15, 0.2) is 0 Å². The molecule has 1 saturated heterocycles. The van der Waals surface area contributed by atoms with Crippen LogP contribution in [0.25, 0.3) is 11.0 Å². The Labute approximate surface area is 106 Å². The Kier molecular flexibility index (Phi) is 2.74. The lowest BCUT2D eigenvalue weighted by Crippen LogP contribution is -2.26. The van der Waals surface area contributed by atoms with Crippen molar-refractivity contribution in [2.45, 2.75) is 26.3 Å². The van der Waals surface area contributed by atoms with Crippen LogP contribution in [0.4, 0.5) is 0 Å². The van der Waals surface area contributed by atoms with E-state index >= 15 is 0 Å². The van der Waals surface area contributed by atoms with E-state index in [0.717, 1.165) is 37.1 Å². The average Bonchev–Trinajstić information content (AvgIpc) is 2.92. The molecule has 1 aromatic carbocycles. The fourth-order valence-corrected chi connectivity index (χ4v) is 3.02. The molecule has 1 unspecified atom stereocenters. The molecule has 1 fully saturated rings. The second kappa shape index (κ2) is 4.28. The van der Waals surface area contributed by atoms with E-state index in [1.54, 1.807) is 0 Å². The van der Waals surface area contributed by atoms with Crippen LogP contribution in [0.3, 0.4) is 0 Å². The molecule has 18 heavy (non-hydrogen) atoms. The SMILES string of the molecule is CCN1CCC(n2c(=O)[nH]c3cccc(C)c32)C1. The molecule has 2 aromatic rings. The van der Waals surface area contributed by atoms with Gasteiger partial charge >= 0.3 is 5.69 Å². The summed E-state index contributed by atoms with van der Waals surface area (Å²) in [4.78, 5) is 17.5. The number of fused-ring (bicyclic) bond motifs is 1. The molecule has 4 nitrogen and oxygen atoms in total. The third-order valence-electron chi connectivity index (χ3n) is 4.00. The minimum atomic E-state index is 0.0299. The molecule has 1 aromatic heterocycles. The van der Waals surface area contributed by atoms with E-state index in [-0.39, 0.29) is 5.69 Å². The minimum Gasteiger partial charge on any atom is -0.306 e. The summed E-state index contributed by atoms with van der Waals surface area (Å²) < 4.78 is 1.96. The zero-order valence-corrected chi connectivity index (χ0v) is 10.9. The normalized spacial score (nSPS) is 20.9. The molecule has 0 saturated carbocycles. The molecular weight excluding hydrogens is 226 g/mol. The molecule has 2 heterocycles. The highest BCUT2D eigenvalue weighted by atomic mass is 16.1. The van der Waals surface area contributed by atoms with Crippen LogP contribution in [0.2, 0.25) is 0 Å². The number of aromatic amines is 1. The van der Waals surface area contributed by atoms with Gasteiger partial charge in [-0.1, -0.05) is 19.1 Å². The molecule has 0 bridgehead atoms. The molecule has 1 aliphatic heterocycles. The maximum Gasteiger partial charge on any atom is 0.326 e. The Balaban J connectivity index is 2.12. The van der Waals surface area contributed by atoms with Crippen LogP contribution < -0.4 is 5.69 Å². The van der Waals surface area contributed by atoms with Crippen molar-refractivity contribution in [1.82, 2.24) is 14.5 Å². The van der Waals surface area contributed by atoms with Crippen molar-refractivity contribution in [3.8, 4) is 0 Å². The molecule has 1 aliphatic rings. The summed E-state index contributed by atoms with van der Waals surface area (Å²) in [6.45, 7) is 7.38. The number of aromatic nitrogens is 2. The van der Waals surface area contributed by atoms with Gasteiger partial charge in [-0.2, -0.15) is 0 Å². The highest BCUT2D eigenvalue weighted by Crippen LogP contribution is 2.25. The van der Waals surface area contributed by atoms with Crippen LogP contribution in [-0.2, 0) is 0 Å². The van der Waals surface area contributed by atoms with Gasteiger partial charge in [-0.3, -0.25) is 4.57 Å². The third-order valence-corrected chi connectivity index (χ3v) is 4.00. The number of H-pyrrole nitrogens is 1. The summed E-state index contributed by atoms with van der Waals surface area (Å²) in [6, 6.07) is 6.35. The Bertz CT molecular complexity index is 625. The fourth-order valence-electron chi connectivity index (χ4n) is 3.02. The smallest absolute Gasteiger partial charge is 0.306 e. The predicted molar refractivity (Wildman–Crippen MR) is 73.1 cm³/mol. The van der Waals surface area contributed by atoms with E-state index in [2.05, 4.69) is 29.8 Å². The Morgan fingerprint density at radius 3 is 3.00 bits per heavy atom. The quantitative estimate of drug-likeness (QED) is 0.878. The van der Waals surface area contributed by atoms with Crippen LogP contribution in [0.15, 0.2) is 23.0 Å². The summed E-state index contributed by atoms with van der Waals surface area (Å²) in [5.74, 6) is 0. The first-order chi connectivity index (χ1) is 8.70. The Morgan fingerprint density at radius 2 is 2.28 bits per heavy atom. The molecule has 0 amide bonds. The first-order valence-electron chi connectivity index (χ1n) is 6.63. The number of para-hydroxylation sites is 1. The van der Waals surface area contributed by atoms with E-state index < -0.39 is 0 Å². The molecule has 96 valence electrons. The second-order valence-corrected chi connectivity index (χ2v) is 5.11. The molecule has 3 rings (SSSR count). The fraction of sp³-hybridized carbons (Fsp3) is 0.500. The summed E-state index contributed by atoms with van der Waals surface area (Å²) >= 11 is 0. The van der Waals surface area contributed by atoms with Crippen molar-refractivity contribution in [1.29, 1.82) is 0 Å². The summed E-state index contributed by atoms with van der Waals surface area (Å²) in [5, 5.41) is 0. The zero-order chi connectivity index (χ0) is 12.7. The van der Waals surface area contributed by atoms with Gasteiger partial charge < -0.3 is 9.88 Å². The molecule has 4 heteroatoms. The van der Waals surface area contributed by atoms with E-state index in [4.69, 9.17) is 0 Å². The molecular formula is C14H19N3O. The van der Waals surface area contributed by atoms with Gasteiger partial charge in [0.25, 0.3) is 0 Å². The van der Waals surface area contributed by atoms with Crippen LogP contribution in [0.1, 0.15) is 24.9 Å². The van der Waals surface area contributed by atoms with Gasteiger partial charge in [-0.25, -0.2) is 4.79 Å². The third kappa shape index (κ3) is 1.68. The predicted octanol–water partition coefficient (Wildman–Crippen LogP) is 1.90. The Morgan fingerprint density at radius 1 is 1.44 bits per heavy atom. The first-order valence-corrected chi connectivity index (χ1v) is 6.63. The van der Waals surface area contributed by atoms with Gasteiger partial charge in [0.1, 0.15) is 0 Å². The number of hydrogen-bond acceptors (Lipinski definition) is 2. The molecule has 0 spiro atoms. The summed E-state index contributed by atoms with van der Waals surface area (Å²) in [6.07, 6.45) is 1.06. The number of imidazole rings is 1. The van der Waals surface area contributed by atoms with Gasteiger partial charge in [-0.05, 0) is 31.5 Å². The number of nitrogens with one attached hydrogen (secondary N) is 1. The van der Waals surface area contributed by atoms with Crippen LogP contribution in [-0.4, -0.2) is 34.1 Å².